The van der Waals surface area contributed by atoms with Crippen LogP contribution in [-0.4, -0.2) is 24.0 Å². The molecule has 0 amide bonds. The summed E-state index contributed by atoms with van der Waals surface area (Å²) in [5.41, 5.74) is 0.0200. The lowest BCUT2D eigenvalue weighted by Crippen LogP contribution is -2.14. The molecule has 0 saturated heterocycles. The highest BCUT2D eigenvalue weighted by atomic mass is 19.1. The van der Waals surface area contributed by atoms with Crippen LogP contribution >= 0.6 is 0 Å². The predicted octanol–water partition coefficient (Wildman–Crippen LogP) is 1.99. The molecule has 1 unspecified atom stereocenters. The number of ether oxygens (including phenoxy) is 1. The van der Waals surface area contributed by atoms with Gasteiger partial charge in [0, 0.05) is 5.56 Å². The summed E-state index contributed by atoms with van der Waals surface area (Å²) in [5, 5.41) is 8.59. The summed E-state index contributed by atoms with van der Waals surface area (Å²) >= 11 is 0. The summed E-state index contributed by atoms with van der Waals surface area (Å²) in [6, 6.07) is 4.16. The zero-order valence-corrected chi connectivity index (χ0v) is 8.86. The molecule has 0 heterocycles. The maximum atomic E-state index is 13.2. The van der Waals surface area contributed by atoms with Gasteiger partial charge in [0.25, 0.3) is 5.78 Å². The maximum Gasteiger partial charge on any atom is 0.377 e. The Balaban J connectivity index is 3.35. The van der Waals surface area contributed by atoms with Gasteiger partial charge in [-0.1, -0.05) is 12.1 Å². The second-order valence-corrected chi connectivity index (χ2v) is 3.18. The minimum Gasteiger partial charge on any atom is -0.496 e. The molecule has 0 radical (unpaired) electrons. The van der Waals surface area contributed by atoms with Crippen LogP contribution in [0.2, 0.25) is 0 Å². The number of carboxylic acid groups (broad SMARTS) is 1. The molecule has 0 aliphatic carbocycles. The summed E-state index contributed by atoms with van der Waals surface area (Å²) in [6.07, 6.45) is -1.34. The monoisotopic (exact) mass is 226 g/mol. The second-order valence-electron chi connectivity index (χ2n) is 3.18. The molecule has 0 saturated carbocycles. The van der Waals surface area contributed by atoms with Crippen molar-refractivity contribution >= 4 is 11.8 Å². The predicted molar refractivity (Wildman–Crippen MR) is 54.5 cm³/mol. The van der Waals surface area contributed by atoms with Crippen molar-refractivity contribution < 1.29 is 23.8 Å². The molecule has 5 heteroatoms. The molecule has 1 aromatic carbocycles. The molecule has 1 atom stereocenters. The highest BCUT2D eigenvalue weighted by Gasteiger charge is 2.22. The molecule has 1 N–H and O–H groups in total. The number of benzene rings is 1. The Labute approximate surface area is 91.7 Å². The average Bonchev–Trinajstić information content (AvgIpc) is 2.26. The second kappa shape index (κ2) is 4.74. The van der Waals surface area contributed by atoms with Crippen molar-refractivity contribution in [3.8, 4) is 5.75 Å². The molecule has 86 valence electrons. The zero-order valence-electron chi connectivity index (χ0n) is 8.86. The van der Waals surface area contributed by atoms with Gasteiger partial charge >= 0.3 is 5.97 Å². The van der Waals surface area contributed by atoms with Crippen molar-refractivity contribution in [2.45, 2.75) is 13.1 Å². The van der Waals surface area contributed by atoms with Gasteiger partial charge in [0.05, 0.1) is 12.7 Å². The van der Waals surface area contributed by atoms with Gasteiger partial charge in [0.2, 0.25) is 0 Å². The number of Topliss-reactive ketones (excluding diaryl/α,β-unsaturated/α-hetero) is 1. The molecule has 0 fully saturated rings. The first-order valence-corrected chi connectivity index (χ1v) is 4.57. The quantitative estimate of drug-likeness (QED) is 0.630. The number of aliphatic carboxylic acids is 1. The van der Waals surface area contributed by atoms with Gasteiger partial charge in [0.15, 0.2) is 0 Å². The zero-order chi connectivity index (χ0) is 12.3. The number of carboxylic acids is 1. The number of hydrogen-bond acceptors (Lipinski definition) is 3. The van der Waals surface area contributed by atoms with Gasteiger partial charge in [0.1, 0.15) is 11.9 Å². The lowest BCUT2D eigenvalue weighted by Gasteiger charge is -2.12. The minimum atomic E-state index is -1.60. The molecule has 0 aliphatic heterocycles. The van der Waals surface area contributed by atoms with E-state index in [4.69, 9.17) is 9.84 Å². The molecule has 1 rings (SSSR count). The van der Waals surface area contributed by atoms with Crippen molar-refractivity contribution in [3.05, 3.63) is 29.3 Å². The highest BCUT2D eigenvalue weighted by molar-refractivity contribution is 6.40. The molecular formula is C11H11FO4. The SMILES string of the molecule is COc1c(C(=O)C(=O)O)cccc1C(C)F. The van der Waals surface area contributed by atoms with E-state index in [9.17, 15) is 14.0 Å². The van der Waals surface area contributed by atoms with Crippen LogP contribution in [0.15, 0.2) is 18.2 Å². The lowest BCUT2D eigenvalue weighted by molar-refractivity contribution is -0.131. The van der Waals surface area contributed by atoms with E-state index in [0.29, 0.717) is 0 Å². The first-order valence-electron chi connectivity index (χ1n) is 4.57. The molecular weight excluding hydrogens is 215 g/mol. The van der Waals surface area contributed by atoms with Gasteiger partial charge in [-0.05, 0) is 13.0 Å². The Morgan fingerprint density at radius 1 is 1.44 bits per heavy atom. The molecule has 0 aliphatic rings. The van der Waals surface area contributed by atoms with E-state index in [-0.39, 0.29) is 16.9 Å². The third-order valence-corrected chi connectivity index (χ3v) is 2.12. The Hall–Kier alpha value is -1.91. The van der Waals surface area contributed by atoms with Crippen LogP contribution in [0.5, 0.6) is 5.75 Å². The van der Waals surface area contributed by atoms with Crippen molar-refractivity contribution in [2.75, 3.05) is 7.11 Å². The topological polar surface area (TPSA) is 63.6 Å². The smallest absolute Gasteiger partial charge is 0.377 e. The Kier molecular flexibility index (Phi) is 3.60. The van der Waals surface area contributed by atoms with Crippen LogP contribution in [0.25, 0.3) is 0 Å². The van der Waals surface area contributed by atoms with E-state index in [0.717, 1.165) is 0 Å². The van der Waals surface area contributed by atoms with Gasteiger partial charge in [-0.15, -0.1) is 0 Å². The van der Waals surface area contributed by atoms with Gasteiger partial charge in [-0.25, -0.2) is 9.18 Å². The summed E-state index contributed by atoms with van der Waals surface area (Å²) < 4.78 is 18.1. The third-order valence-electron chi connectivity index (χ3n) is 2.12. The highest BCUT2D eigenvalue weighted by Crippen LogP contribution is 2.31. The van der Waals surface area contributed by atoms with E-state index >= 15 is 0 Å². The van der Waals surface area contributed by atoms with E-state index in [2.05, 4.69) is 0 Å². The number of alkyl halides is 1. The molecule has 0 bridgehead atoms. The molecule has 0 aromatic heterocycles. The van der Waals surface area contributed by atoms with Crippen LogP contribution in [0, 0.1) is 0 Å². The van der Waals surface area contributed by atoms with Crippen LogP contribution in [0.1, 0.15) is 29.0 Å². The Morgan fingerprint density at radius 3 is 2.50 bits per heavy atom. The van der Waals surface area contributed by atoms with E-state index in [1.54, 1.807) is 0 Å². The standard InChI is InChI=1S/C11H11FO4/c1-6(12)7-4-3-5-8(10(7)16-2)9(13)11(14)15/h3-6H,1-2H3,(H,14,15). The molecule has 0 spiro atoms. The number of carbonyl (C=O) groups excluding carboxylic acids is 1. The van der Waals surface area contributed by atoms with Gasteiger partial charge < -0.3 is 9.84 Å². The first kappa shape index (κ1) is 12.2. The largest absolute Gasteiger partial charge is 0.496 e. The van der Waals surface area contributed by atoms with Crippen LogP contribution in [0.4, 0.5) is 4.39 Å². The molecule has 4 nitrogen and oxygen atoms in total. The normalized spacial score (nSPS) is 11.9. The summed E-state index contributed by atoms with van der Waals surface area (Å²) in [4.78, 5) is 21.8. The van der Waals surface area contributed by atoms with Crippen molar-refractivity contribution in [1.29, 1.82) is 0 Å². The van der Waals surface area contributed by atoms with E-state index in [1.807, 2.05) is 0 Å². The molecule has 1 aromatic rings. The summed E-state index contributed by atoms with van der Waals surface area (Å²) in [7, 11) is 1.26. The van der Waals surface area contributed by atoms with Crippen molar-refractivity contribution in [3.63, 3.8) is 0 Å². The van der Waals surface area contributed by atoms with Crippen LogP contribution < -0.4 is 4.74 Å². The number of ketones is 1. The van der Waals surface area contributed by atoms with Crippen molar-refractivity contribution in [2.24, 2.45) is 0 Å². The number of methoxy groups -OCH3 is 1. The fourth-order valence-electron chi connectivity index (χ4n) is 1.39. The van der Waals surface area contributed by atoms with E-state index < -0.39 is 17.9 Å². The van der Waals surface area contributed by atoms with Crippen LogP contribution in [0.3, 0.4) is 0 Å². The maximum absolute atomic E-state index is 13.2. The Bertz CT molecular complexity index is 426. The van der Waals surface area contributed by atoms with Crippen molar-refractivity contribution in [1.82, 2.24) is 0 Å². The lowest BCUT2D eigenvalue weighted by atomic mass is 10.0. The number of hydrogen-bond donors (Lipinski definition) is 1. The number of rotatable bonds is 4. The fraction of sp³-hybridized carbons (Fsp3) is 0.273. The fourth-order valence-corrected chi connectivity index (χ4v) is 1.39. The number of halogens is 1. The molecule has 16 heavy (non-hydrogen) atoms. The first-order chi connectivity index (χ1) is 7.49. The van der Waals surface area contributed by atoms with E-state index in [1.165, 1.54) is 32.2 Å². The average molecular weight is 226 g/mol. The number of carbonyl (C=O) groups is 2. The third kappa shape index (κ3) is 2.18. The van der Waals surface area contributed by atoms with Crippen LogP contribution in [-0.2, 0) is 4.79 Å². The number of para-hydroxylation sites is 1. The Morgan fingerprint density at radius 2 is 2.06 bits per heavy atom. The van der Waals surface area contributed by atoms with Gasteiger partial charge in [-0.3, -0.25) is 4.79 Å². The summed E-state index contributed by atoms with van der Waals surface area (Å²) in [5.74, 6) is -2.73. The summed E-state index contributed by atoms with van der Waals surface area (Å²) in [6.45, 7) is 1.28. The minimum absolute atomic E-state index is 0.0232. The van der Waals surface area contributed by atoms with Gasteiger partial charge in [-0.2, -0.15) is 0 Å².